The van der Waals surface area contributed by atoms with E-state index < -0.39 is 21.3 Å². The van der Waals surface area contributed by atoms with E-state index in [1.165, 1.54) is 19.9 Å². The molecule has 0 aliphatic carbocycles. The van der Waals surface area contributed by atoms with Crippen LogP contribution in [0.1, 0.15) is 44.2 Å². The molecule has 4 rings (SSSR count). The Kier molecular flexibility index (Phi) is 6.22. The Morgan fingerprint density at radius 2 is 1.85 bits per heavy atom. The van der Waals surface area contributed by atoms with Crippen molar-refractivity contribution in [3.05, 3.63) is 53.5 Å². The fourth-order valence-corrected chi connectivity index (χ4v) is 6.01. The Morgan fingerprint density at radius 1 is 1.18 bits per heavy atom. The van der Waals surface area contributed by atoms with Crippen molar-refractivity contribution in [1.82, 2.24) is 9.88 Å². The normalized spacial score (nSPS) is 20.9. The van der Waals surface area contributed by atoms with Gasteiger partial charge < -0.3 is 14.9 Å². The zero-order valence-corrected chi connectivity index (χ0v) is 20.0. The summed E-state index contributed by atoms with van der Waals surface area (Å²) in [5, 5.41) is 10.1. The predicted octanol–water partition coefficient (Wildman–Crippen LogP) is 2.80. The number of anilines is 1. The van der Waals surface area contributed by atoms with E-state index in [1.54, 1.807) is 4.90 Å². The molecule has 2 atom stereocenters. The number of likely N-dealkylation sites (tertiary alicyclic amines) is 1. The van der Waals surface area contributed by atoms with Crippen LogP contribution in [-0.2, 0) is 20.2 Å². The molecule has 2 aliphatic rings. The fraction of sp³-hybridized carbons (Fsp3) is 0.500. The van der Waals surface area contributed by atoms with Gasteiger partial charge in [-0.05, 0) is 63.4 Å². The van der Waals surface area contributed by atoms with Crippen molar-refractivity contribution in [3.8, 4) is 0 Å². The average molecular weight is 476 g/mol. The van der Waals surface area contributed by atoms with Gasteiger partial charge in [0.1, 0.15) is 11.6 Å². The van der Waals surface area contributed by atoms with E-state index in [9.17, 15) is 22.7 Å². The lowest BCUT2D eigenvalue weighted by atomic mass is 9.98. The van der Waals surface area contributed by atoms with Crippen LogP contribution in [0.15, 0.2) is 41.4 Å². The summed E-state index contributed by atoms with van der Waals surface area (Å²) in [4.78, 5) is 21.4. The van der Waals surface area contributed by atoms with Crippen LogP contribution in [0.5, 0.6) is 0 Å². The zero-order valence-electron chi connectivity index (χ0n) is 19.2. The first-order chi connectivity index (χ1) is 15.5. The molecule has 3 heterocycles. The van der Waals surface area contributed by atoms with E-state index in [-0.39, 0.29) is 40.6 Å². The van der Waals surface area contributed by atoms with Crippen molar-refractivity contribution >= 4 is 21.6 Å². The molecule has 7 nitrogen and oxygen atoms in total. The molecule has 1 aromatic heterocycles. The molecule has 2 aliphatic heterocycles. The molecule has 0 spiro atoms. The van der Waals surface area contributed by atoms with Gasteiger partial charge in [0.25, 0.3) is 0 Å². The SMILES string of the molecule is Cc1ccc(N2C3CCC2CN(C(=O)CCS(=O)(=O)c2ccc(F)c(C(C)(C)O)c2)C3)nc1. The summed E-state index contributed by atoms with van der Waals surface area (Å²) in [6.07, 6.45) is 3.64. The van der Waals surface area contributed by atoms with E-state index >= 15 is 0 Å². The van der Waals surface area contributed by atoms with Crippen molar-refractivity contribution in [2.45, 2.75) is 62.6 Å². The van der Waals surface area contributed by atoms with Crippen LogP contribution < -0.4 is 4.90 Å². The fourth-order valence-electron chi connectivity index (χ4n) is 4.76. The van der Waals surface area contributed by atoms with Gasteiger partial charge in [0.05, 0.1) is 16.2 Å². The maximum atomic E-state index is 14.0. The number of aliphatic hydroxyl groups is 1. The first-order valence-corrected chi connectivity index (χ1v) is 12.8. The van der Waals surface area contributed by atoms with Crippen molar-refractivity contribution in [2.24, 2.45) is 0 Å². The van der Waals surface area contributed by atoms with Crippen LogP contribution in [0.2, 0.25) is 0 Å². The Labute approximate surface area is 194 Å². The predicted molar refractivity (Wildman–Crippen MR) is 123 cm³/mol. The summed E-state index contributed by atoms with van der Waals surface area (Å²) in [5.74, 6) is -0.315. The molecule has 2 aromatic rings. The van der Waals surface area contributed by atoms with Crippen LogP contribution in [0.4, 0.5) is 10.2 Å². The zero-order chi connectivity index (χ0) is 24.0. The second kappa shape index (κ2) is 8.68. The van der Waals surface area contributed by atoms with E-state index in [4.69, 9.17) is 0 Å². The number of carbonyl (C=O) groups is 1. The number of carbonyl (C=O) groups excluding carboxylic acids is 1. The van der Waals surface area contributed by atoms with Crippen LogP contribution in [0.3, 0.4) is 0 Å². The summed E-state index contributed by atoms with van der Waals surface area (Å²) >= 11 is 0. The molecule has 9 heteroatoms. The van der Waals surface area contributed by atoms with E-state index in [1.807, 2.05) is 25.3 Å². The standard InChI is InChI=1S/C24H30FN3O4S/c1-16-4-9-22(26-13-16)28-17-5-6-18(28)15-27(14-17)23(29)10-11-33(31,32)19-7-8-21(25)20(12-19)24(2,3)30/h4,7-9,12-13,17-18,30H,5-6,10-11,14-15H2,1-3H3. The molecule has 1 amide bonds. The van der Waals surface area contributed by atoms with Gasteiger partial charge in [0.15, 0.2) is 9.84 Å². The number of piperazine rings is 1. The van der Waals surface area contributed by atoms with Gasteiger partial charge in [-0.1, -0.05) is 6.07 Å². The highest BCUT2D eigenvalue weighted by Gasteiger charge is 2.42. The van der Waals surface area contributed by atoms with Crippen molar-refractivity contribution in [2.75, 3.05) is 23.7 Å². The molecular formula is C24H30FN3O4S. The van der Waals surface area contributed by atoms with Gasteiger partial charge in [-0.15, -0.1) is 0 Å². The van der Waals surface area contributed by atoms with Gasteiger partial charge in [0, 0.05) is 43.4 Å². The maximum absolute atomic E-state index is 14.0. The summed E-state index contributed by atoms with van der Waals surface area (Å²) in [7, 11) is -3.81. The van der Waals surface area contributed by atoms with Gasteiger partial charge in [-0.25, -0.2) is 17.8 Å². The number of amides is 1. The minimum Gasteiger partial charge on any atom is -0.386 e. The number of pyridine rings is 1. The van der Waals surface area contributed by atoms with Crippen molar-refractivity contribution in [1.29, 1.82) is 0 Å². The number of benzene rings is 1. The summed E-state index contributed by atoms with van der Waals surface area (Å²) < 4.78 is 39.7. The lowest BCUT2D eigenvalue weighted by Crippen LogP contribution is -2.55. The topological polar surface area (TPSA) is 90.8 Å². The third-order valence-corrected chi connectivity index (χ3v) is 8.25. The van der Waals surface area contributed by atoms with Gasteiger partial charge in [-0.3, -0.25) is 4.79 Å². The molecule has 2 bridgehead atoms. The first kappa shape index (κ1) is 23.6. The molecule has 2 unspecified atom stereocenters. The number of rotatable bonds is 6. The lowest BCUT2D eigenvalue weighted by molar-refractivity contribution is -0.131. The molecule has 1 aromatic carbocycles. The monoisotopic (exact) mass is 475 g/mol. The molecule has 2 saturated heterocycles. The average Bonchev–Trinajstić information content (AvgIpc) is 3.01. The highest BCUT2D eigenvalue weighted by Crippen LogP contribution is 2.34. The number of fused-ring (bicyclic) bond motifs is 2. The quantitative estimate of drug-likeness (QED) is 0.646. The third kappa shape index (κ3) is 4.89. The Balaban J connectivity index is 1.41. The third-order valence-electron chi connectivity index (χ3n) is 6.54. The lowest BCUT2D eigenvalue weighted by Gasteiger charge is -2.41. The largest absolute Gasteiger partial charge is 0.386 e. The second-order valence-electron chi connectivity index (χ2n) is 9.55. The minimum atomic E-state index is -3.81. The number of halogens is 1. The molecule has 0 radical (unpaired) electrons. The van der Waals surface area contributed by atoms with E-state index in [0.717, 1.165) is 36.4 Å². The Hall–Kier alpha value is -2.52. The number of aryl methyl sites for hydroxylation is 1. The number of aromatic nitrogens is 1. The van der Waals surface area contributed by atoms with Crippen LogP contribution in [-0.4, -0.2) is 60.2 Å². The number of sulfone groups is 1. The van der Waals surface area contributed by atoms with Crippen LogP contribution in [0, 0.1) is 12.7 Å². The van der Waals surface area contributed by atoms with Gasteiger partial charge >= 0.3 is 0 Å². The molecule has 178 valence electrons. The summed E-state index contributed by atoms with van der Waals surface area (Å²) in [5.41, 5.74) is -0.513. The molecular weight excluding hydrogens is 445 g/mol. The Morgan fingerprint density at radius 3 is 2.42 bits per heavy atom. The van der Waals surface area contributed by atoms with E-state index in [2.05, 4.69) is 9.88 Å². The number of hydrogen-bond donors (Lipinski definition) is 1. The maximum Gasteiger partial charge on any atom is 0.223 e. The van der Waals surface area contributed by atoms with E-state index in [0.29, 0.717) is 13.1 Å². The molecule has 33 heavy (non-hydrogen) atoms. The number of nitrogens with zero attached hydrogens (tertiary/aromatic N) is 3. The first-order valence-electron chi connectivity index (χ1n) is 11.2. The number of hydrogen-bond acceptors (Lipinski definition) is 6. The van der Waals surface area contributed by atoms with Crippen LogP contribution in [0.25, 0.3) is 0 Å². The highest BCUT2D eigenvalue weighted by atomic mass is 32.2. The van der Waals surface area contributed by atoms with Crippen molar-refractivity contribution in [3.63, 3.8) is 0 Å². The van der Waals surface area contributed by atoms with Gasteiger partial charge in [0.2, 0.25) is 5.91 Å². The molecule has 0 saturated carbocycles. The van der Waals surface area contributed by atoms with Crippen molar-refractivity contribution < 1.29 is 22.7 Å². The smallest absolute Gasteiger partial charge is 0.223 e. The minimum absolute atomic E-state index is 0.0905. The van der Waals surface area contributed by atoms with Gasteiger partial charge in [-0.2, -0.15) is 0 Å². The highest BCUT2D eigenvalue weighted by molar-refractivity contribution is 7.91. The molecule has 1 N–H and O–H groups in total. The summed E-state index contributed by atoms with van der Waals surface area (Å²) in [6, 6.07) is 7.76. The summed E-state index contributed by atoms with van der Waals surface area (Å²) in [6.45, 7) is 5.87. The molecule has 2 fully saturated rings. The van der Waals surface area contributed by atoms with Crippen LogP contribution >= 0.6 is 0 Å². The second-order valence-corrected chi connectivity index (χ2v) is 11.7. The Bertz CT molecular complexity index is 1130.